The minimum absolute atomic E-state index is 0.252. The van der Waals surface area contributed by atoms with Gasteiger partial charge in [-0.1, -0.05) is 6.07 Å². The zero-order chi connectivity index (χ0) is 16.4. The molecule has 4 aromatic rings. The highest BCUT2D eigenvalue weighted by molar-refractivity contribution is 5.94. The summed E-state index contributed by atoms with van der Waals surface area (Å²) in [6.07, 6.45) is 3.60. The monoisotopic (exact) mass is 318 g/mol. The molecule has 0 bridgehead atoms. The molecule has 0 aliphatic rings. The number of halogens is 1. The summed E-state index contributed by atoms with van der Waals surface area (Å²) in [5.41, 5.74) is 4.75. The largest absolute Gasteiger partial charge is 0.381 e. The Morgan fingerprint density at radius 3 is 2.71 bits per heavy atom. The Hall–Kier alpha value is -3.21. The predicted octanol–water partition coefficient (Wildman–Crippen LogP) is 4.38. The van der Waals surface area contributed by atoms with Gasteiger partial charge in [-0.25, -0.2) is 4.39 Å². The normalized spacial score (nSPS) is 10.9. The number of nitrogens with zero attached hydrogens (tertiary/aromatic N) is 2. The maximum atomic E-state index is 13.1. The summed E-state index contributed by atoms with van der Waals surface area (Å²) in [6, 6.07) is 16.4. The van der Waals surface area contributed by atoms with Gasteiger partial charge in [-0.15, -0.1) is 0 Å². The van der Waals surface area contributed by atoms with Crippen LogP contribution in [0, 0.1) is 5.82 Å². The van der Waals surface area contributed by atoms with Crippen LogP contribution in [0.1, 0.15) is 5.56 Å². The van der Waals surface area contributed by atoms with E-state index < -0.39 is 0 Å². The average Bonchev–Trinajstić information content (AvgIpc) is 3.05. The Labute approximate surface area is 138 Å². The zero-order valence-corrected chi connectivity index (χ0v) is 12.8. The van der Waals surface area contributed by atoms with E-state index in [1.807, 2.05) is 36.5 Å². The van der Waals surface area contributed by atoms with Crippen LogP contribution in [0.15, 0.2) is 67.0 Å². The van der Waals surface area contributed by atoms with Crippen molar-refractivity contribution in [2.24, 2.45) is 0 Å². The van der Waals surface area contributed by atoms with Crippen molar-refractivity contribution in [2.75, 3.05) is 5.32 Å². The van der Waals surface area contributed by atoms with Crippen molar-refractivity contribution in [1.29, 1.82) is 0 Å². The van der Waals surface area contributed by atoms with E-state index in [1.54, 1.807) is 18.3 Å². The molecule has 0 radical (unpaired) electrons. The fourth-order valence-corrected chi connectivity index (χ4v) is 2.66. The van der Waals surface area contributed by atoms with Crippen LogP contribution in [0.2, 0.25) is 0 Å². The summed E-state index contributed by atoms with van der Waals surface area (Å²) >= 11 is 0. The van der Waals surface area contributed by atoms with E-state index in [0.717, 1.165) is 33.4 Å². The molecule has 0 saturated heterocycles. The van der Waals surface area contributed by atoms with E-state index in [0.29, 0.717) is 6.54 Å². The highest BCUT2D eigenvalue weighted by atomic mass is 19.1. The fraction of sp³-hybridized carbons (Fsp3) is 0.0526. The zero-order valence-electron chi connectivity index (χ0n) is 12.8. The van der Waals surface area contributed by atoms with Crippen molar-refractivity contribution in [1.82, 2.24) is 15.2 Å². The van der Waals surface area contributed by atoms with Crippen molar-refractivity contribution < 1.29 is 4.39 Å². The number of hydrogen-bond donors (Lipinski definition) is 2. The Kier molecular flexibility index (Phi) is 3.67. The van der Waals surface area contributed by atoms with Crippen LogP contribution in [0.3, 0.4) is 0 Å². The van der Waals surface area contributed by atoms with Crippen LogP contribution in [-0.4, -0.2) is 15.2 Å². The van der Waals surface area contributed by atoms with Gasteiger partial charge in [0.05, 0.1) is 11.2 Å². The van der Waals surface area contributed by atoms with Gasteiger partial charge in [0.15, 0.2) is 0 Å². The number of nitrogens with one attached hydrogen (secondary N) is 2. The molecule has 0 aliphatic carbocycles. The van der Waals surface area contributed by atoms with E-state index in [9.17, 15) is 4.39 Å². The molecule has 5 heteroatoms. The SMILES string of the molecule is Fc1ccc(-c2n[nH]c3ccc(NCc4cccnc4)cc23)cc1. The van der Waals surface area contributed by atoms with Crippen molar-refractivity contribution in [2.45, 2.75) is 6.54 Å². The van der Waals surface area contributed by atoms with Crippen molar-refractivity contribution >= 4 is 16.6 Å². The van der Waals surface area contributed by atoms with Gasteiger partial charge in [0.25, 0.3) is 0 Å². The van der Waals surface area contributed by atoms with Gasteiger partial charge in [-0.3, -0.25) is 10.1 Å². The van der Waals surface area contributed by atoms with Gasteiger partial charge in [-0.05, 0) is 54.1 Å². The maximum Gasteiger partial charge on any atom is 0.123 e. The third-order valence-corrected chi connectivity index (χ3v) is 3.90. The molecule has 0 atom stereocenters. The van der Waals surface area contributed by atoms with Crippen LogP contribution in [0.4, 0.5) is 10.1 Å². The lowest BCUT2D eigenvalue weighted by molar-refractivity contribution is 0.628. The van der Waals surface area contributed by atoms with Crippen LogP contribution < -0.4 is 5.32 Å². The number of rotatable bonds is 4. The van der Waals surface area contributed by atoms with Crippen molar-refractivity contribution in [3.63, 3.8) is 0 Å². The van der Waals surface area contributed by atoms with Gasteiger partial charge in [-0.2, -0.15) is 5.10 Å². The molecule has 0 amide bonds. The number of hydrogen-bond acceptors (Lipinski definition) is 3. The summed E-state index contributed by atoms with van der Waals surface area (Å²) in [5.74, 6) is -0.252. The first-order chi connectivity index (χ1) is 11.8. The second kappa shape index (κ2) is 6.12. The number of H-pyrrole nitrogens is 1. The van der Waals surface area contributed by atoms with Crippen LogP contribution >= 0.6 is 0 Å². The molecule has 118 valence electrons. The third kappa shape index (κ3) is 2.84. The summed E-state index contributed by atoms with van der Waals surface area (Å²) in [7, 11) is 0. The summed E-state index contributed by atoms with van der Waals surface area (Å²) < 4.78 is 13.1. The number of fused-ring (bicyclic) bond motifs is 1. The van der Waals surface area contributed by atoms with Gasteiger partial charge >= 0.3 is 0 Å². The standard InChI is InChI=1S/C19H15FN4/c20-15-5-3-14(4-6-15)19-17-10-16(7-8-18(17)23-24-19)22-12-13-2-1-9-21-11-13/h1-11,22H,12H2,(H,23,24). The Bertz CT molecular complexity index is 962. The summed E-state index contributed by atoms with van der Waals surface area (Å²) in [5, 5.41) is 11.8. The first kappa shape index (κ1) is 14.4. The molecular formula is C19H15FN4. The average molecular weight is 318 g/mol. The number of aromatic nitrogens is 3. The van der Waals surface area contributed by atoms with E-state index in [4.69, 9.17) is 0 Å². The molecule has 2 aromatic carbocycles. The lowest BCUT2D eigenvalue weighted by atomic mass is 10.1. The predicted molar refractivity (Wildman–Crippen MR) is 93.1 cm³/mol. The Morgan fingerprint density at radius 1 is 1.04 bits per heavy atom. The van der Waals surface area contributed by atoms with Gasteiger partial charge in [0.2, 0.25) is 0 Å². The Morgan fingerprint density at radius 2 is 1.92 bits per heavy atom. The first-order valence-electron chi connectivity index (χ1n) is 7.66. The van der Waals surface area contributed by atoms with Crippen molar-refractivity contribution in [3.8, 4) is 11.3 Å². The molecule has 2 aromatic heterocycles. The number of benzene rings is 2. The quantitative estimate of drug-likeness (QED) is 0.587. The molecule has 0 saturated carbocycles. The highest BCUT2D eigenvalue weighted by Gasteiger charge is 2.09. The van der Waals surface area contributed by atoms with E-state index >= 15 is 0 Å². The molecule has 0 fully saturated rings. The lowest BCUT2D eigenvalue weighted by Gasteiger charge is -2.07. The highest BCUT2D eigenvalue weighted by Crippen LogP contribution is 2.28. The van der Waals surface area contributed by atoms with E-state index in [2.05, 4.69) is 20.5 Å². The van der Waals surface area contributed by atoms with Crippen molar-refractivity contribution in [3.05, 3.63) is 78.4 Å². The van der Waals surface area contributed by atoms with Crippen LogP contribution in [0.25, 0.3) is 22.2 Å². The molecule has 2 N–H and O–H groups in total. The summed E-state index contributed by atoms with van der Waals surface area (Å²) in [4.78, 5) is 4.11. The molecule has 0 spiro atoms. The minimum Gasteiger partial charge on any atom is -0.381 e. The van der Waals surface area contributed by atoms with E-state index in [-0.39, 0.29) is 5.82 Å². The molecular weight excluding hydrogens is 303 g/mol. The number of pyridine rings is 1. The fourth-order valence-electron chi connectivity index (χ4n) is 2.66. The minimum atomic E-state index is -0.252. The summed E-state index contributed by atoms with van der Waals surface area (Å²) in [6.45, 7) is 0.697. The van der Waals surface area contributed by atoms with E-state index in [1.165, 1.54) is 12.1 Å². The topological polar surface area (TPSA) is 53.6 Å². The third-order valence-electron chi connectivity index (χ3n) is 3.90. The molecule has 0 aliphatic heterocycles. The van der Waals surface area contributed by atoms with Gasteiger partial charge < -0.3 is 5.32 Å². The number of aromatic amines is 1. The molecule has 0 unspecified atom stereocenters. The molecule has 24 heavy (non-hydrogen) atoms. The molecule has 4 rings (SSSR count). The second-order valence-corrected chi connectivity index (χ2v) is 5.55. The molecule has 4 nitrogen and oxygen atoms in total. The first-order valence-corrected chi connectivity index (χ1v) is 7.66. The lowest BCUT2D eigenvalue weighted by Crippen LogP contribution is -1.99. The number of anilines is 1. The van der Waals surface area contributed by atoms with Gasteiger partial charge in [0.1, 0.15) is 5.82 Å². The van der Waals surface area contributed by atoms with Crippen LogP contribution in [-0.2, 0) is 6.54 Å². The second-order valence-electron chi connectivity index (χ2n) is 5.55. The van der Waals surface area contributed by atoms with Crippen LogP contribution in [0.5, 0.6) is 0 Å². The molecule has 2 heterocycles. The van der Waals surface area contributed by atoms with Gasteiger partial charge in [0, 0.05) is 35.6 Å². The maximum absolute atomic E-state index is 13.1. The Balaban J connectivity index is 1.64. The smallest absolute Gasteiger partial charge is 0.123 e.